The van der Waals surface area contributed by atoms with Crippen molar-refractivity contribution in [3.63, 3.8) is 0 Å². The lowest BCUT2D eigenvalue weighted by molar-refractivity contribution is -0.287. The number of aliphatic hydroxyl groups is 1. The molecular formula is C17H9ClF6O2. The maximum absolute atomic E-state index is 14.4. The van der Waals surface area contributed by atoms with Crippen LogP contribution in [0, 0.1) is 5.82 Å². The van der Waals surface area contributed by atoms with Crippen molar-refractivity contribution in [3.05, 3.63) is 57.9 Å². The molecule has 0 fully saturated rings. The zero-order chi connectivity index (χ0) is 19.1. The fraction of sp³-hybridized carbons (Fsp3) is 0.294. The smallest absolute Gasteiger partial charge is 0.346 e. The van der Waals surface area contributed by atoms with Gasteiger partial charge in [-0.2, -0.15) is 17.6 Å². The van der Waals surface area contributed by atoms with Gasteiger partial charge in [0.2, 0.25) is 0 Å². The van der Waals surface area contributed by atoms with Crippen molar-refractivity contribution in [1.82, 2.24) is 0 Å². The first kappa shape index (κ1) is 17.5. The van der Waals surface area contributed by atoms with E-state index in [2.05, 4.69) is 0 Å². The number of halogens is 7. The van der Waals surface area contributed by atoms with Crippen molar-refractivity contribution in [2.75, 3.05) is 0 Å². The van der Waals surface area contributed by atoms with Crippen LogP contribution in [0.4, 0.5) is 26.3 Å². The minimum atomic E-state index is -4.88. The van der Waals surface area contributed by atoms with E-state index in [4.69, 9.17) is 16.3 Å². The van der Waals surface area contributed by atoms with Crippen molar-refractivity contribution >= 4 is 11.6 Å². The number of hydrogen-bond donors (Lipinski definition) is 1. The largest absolute Gasteiger partial charge is 0.457 e. The summed E-state index contributed by atoms with van der Waals surface area (Å²) in [5.41, 5.74) is -5.97. The van der Waals surface area contributed by atoms with Gasteiger partial charge in [-0.25, -0.2) is 8.78 Å². The van der Waals surface area contributed by atoms with Crippen LogP contribution in [0.5, 0.6) is 11.5 Å². The maximum atomic E-state index is 14.4. The van der Waals surface area contributed by atoms with Crippen LogP contribution in [0.2, 0.25) is 5.02 Å². The predicted octanol–water partition coefficient (Wildman–Crippen LogP) is 5.61. The third-order valence-corrected chi connectivity index (χ3v) is 4.94. The summed E-state index contributed by atoms with van der Waals surface area (Å²) in [6.07, 6.45) is -3.39. The highest BCUT2D eigenvalue weighted by Gasteiger charge is 2.79. The third kappa shape index (κ3) is 2.00. The molecule has 0 saturated carbocycles. The Morgan fingerprint density at radius 2 is 1.81 bits per heavy atom. The van der Waals surface area contributed by atoms with Crippen LogP contribution in [0.15, 0.2) is 30.3 Å². The molecule has 2 nitrogen and oxygen atoms in total. The molecule has 0 radical (unpaired) electrons. The number of hydrogen-bond acceptors (Lipinski definition) is 2. The monoisotopic (exact) mass is 394 g/mol. The van der Waals surface area contributed by atoms with E-state index in [-0.39, 0.29) is 16.5 Å². The van der Waals surface area contributed by atoms with Gasteiger partial charge in [0.05, 0.1) is 0 Å². The molecule has 9 heteroatoms. The average Bonchev–Trinajstić information content (AvgIpc) is 2.84. The molecule has 0 bridgehead atoms. The van der Waals surface area contributed by atoms with Crippen LogP contribution in [0.25, 0.3) is 0 Å². The number of ether oxygens (including phenoxy) is 1. The number of rotatable bonds is 2. The normalized spacial score (nSPS) is 27.5. The molecule has 2 aliphatic rings. The summed E-state index contributed by atoms with van der Waals surface area (Å²) >= 11 is 5.69. The van der Waals surface area contributed by atoms with Gasteiger partial charge in [0, 0.05) is 34.2 Å². The number of alkyl halides is 5. The number of benzene rings is 2. The van der Waals surface area contributed by atoms with Crippen molar-refractivity contribution < 1.29 is 36.2 Å². The van der Waals surface area contributed by atoms with Crippen molar-refractivity contribution in [3.8, 4) is 11.5 Å². The average molecular weight is 395 g/mol. The lowest BCUT2D eigenvalue weighted by atomic mass is 9.95. The lowest BCUT2D eigenvalue weighted by Gasteiger charge is -2.30. The molecule has 0 heterocycles. The highest BCUT2D eigenvalue weighted by molar-refractivity contribution is 6.30. The highest BCUT2D eigenvalue weighted by Crippen LogP contribution is 2.68. The Hall–Kier alpha value is -1.93. The molecule has 0 amide bonds. The van der Waals surface area contributed by atoms with E-state index in [9.17, 15) is 31.4 Å². The minimum absolute atomic E-state index is 0.0380. The topological polar surface area (TPSA) is 29.5 Å². The lowest BCUT2D eigenvalue weighted by Crippen LogP contribution is -2.48. The van der Waals surface area contributed by atoms with Gasteiger partial charge in [0.25, 0.3) is 0 Å². The molecule has 138 valence electrons. The maximum Gasteiger partial charge on any atom is 0.346 e. The second-order valence-electron chi connectivity index (χ2n) is 6.29. The van der Waals surface area contributed by atoms with E-state index in [1.54, 1.807) is 0 Å². The van der Waals surface area contributed by atoms with E-state index in [0.29, 0.717) is 6.07 Å². The second kappa shape index (κ2) is 5.07. The summed E-state index contributed by atoms with van der Waals surface area (Å²) in [6, 6.07) is 4.61. The highest BCUT2D eigenvalue weighted by atomic mass is 35.5. The Morgan fingerprint density at radius 1 is 1.12 bits per heavy atom. The van der Waals surface area contributed by atoms with Crippen molar-refractivity contribution in [2.24, 2.45) is 0 Å². The van der Waals surface area contributed by atoms with Gasteiger partial charge >= 0.3 is 11.8 Å². The molecule has 2 aromatic carbocycles. The molecule has 2 atom stereocenters. The van der Waals surface area contributed by atoms with E-state index in [0.717, 1.165) is 18.2 Å². The van der Waals surface area contributed by atoms with E-state index >= 15 is 0 Å². The van der Waals surface area contributed by atoms with Crippen LogP contribution < -0.4 is 4.74 Å². The molecule has 0 saturated heterocycles. The molecule has 2 aromatic rings. The second-order valence-corrected chi connectivity index (χ2v) is 6.72. The third-order valence-electron chi connectivity index (χ3n) is 4.72. The summed E-state index contributed by atoms with van der Waals surface area (Å²) < 4.78 is 89.6. The molecule has 4 rings (SSSR count). The van der Waals surface area contributed by atoms with E-state index < -0.39 is 52.5 Å². The van der Waals surface area contributed by atoms with Crippen LogP contribution in [-0.2, 0) is 11.5 Å². The molecule has 0 aromatic heterocycles. The van der Waals surface area contributed by atoms with E-state index in [1.165, 1.54) is 6.07 Å². The Bertz CT molecular complexity index is 911. The van der Waals surface area contributed by atoms with Gasteiger partial charge in [-0.1, -0.05) is 11.6 Å². The minimum Gasteiger partial charge on any atom is -0.457 e. The molecule has 1 N–H and O–H groups in total. The van der Waals surface area contributed by atoms with Gasteiger partial charge in [0.15, 0.2) is 5.60 Å². The van der Waals surface area contributed by atoms with Crippen LogP contribution in [0.3, 0.4) is 0 Å². The van der Waals surface area contributed by atoms with Gasteiger partial charge in [0.1, 0.15) is 23.5 Å². The summed E-state index contributed by atoms with van der Waals surface area (Å²) in [7, 11) is 0. The fourth-order valence-electron chi connectivity index (χ4n) is 3.60. The SMILES string of the molecule is O[C@]12C[C@H](F)c3c(Oc4cc(F)cc(Cl)c4)ccc(c31)C(F)(F)C2(F)F. The predicted molar refractivity (Wildman–Crippen MR) is 79.1 cm³/mol. The summed E-state index contributed by atoms with van der Waals surface area (Å²) in [5.74, 6) is -10.9. The molecular weight excluding hydrogens is 386 g/mol. The molecule has 0 unspecified atom stereocenters. The van der Waals surface area contributed by atoms with Crippen LogP contribution in [-0.4, -0.2) is 11.0 Å². The Morgan fingerprint density at radius 3 is 2.46 bits per heavy atom. The van der Waals surface area contributed by atoms with E-state index in [1.807, 2.05) is 0 Å². The molecule has 2 aliphatic carbocycles. The van der Waals surface area contributed by atoms with Gasteiger partial charge in [-0.05, 0) is 24.3 Å². The van der Waals surface area contributed by atoms with Crippen LogP contribution in [0.1, 0.15) is 29.3 Å². The fourth-order valence-corrected chi connectivity index (χ4v) is 3.81. The summed E-state index contributed by atoms with van der Waals surface area (Å²) in [6.45, 7) is 0. The van der Waals surface area contributed by atoms with Gasteiger partial charge in [-0.3, -0.25) is 0 Å². The molecule has 0 spiro atoms. The molecule has 0 aliphatic heterocycles. The van der Waals surface area contributed by atoms with Crippen molar-refractivity contribution in [1.29, 1.82) is 0 Å². The standard InChI is InChI=1S/C17H9ClF6O2/c18-7-3-8(19)5-9(4-7)26-12-2-1-10-14-13(12)11(20)6-15(14,25)17(23,24)16(10,21)22/h1-5,11,25H,6H2/t11-,15+/m0/s1. The zero-order valence-electron chi connectivity index (χ0n) is 12.7. The quantitative estimate of drug-likeness (QED) is 0.670. The first-order valence-corrected chi connectivity index (χ1v) is 7.81. The summed E-state index contributed by atoms with van der Waals surface area (Å²) in [4.78, 5) is 0. The Balaban J connectivity index is 1.89. The summed E-state index contributed by atoms with van der Waals surface area (Å²) in [5, 5.41) is 10.2. The Labute approximate surface area is 148 Å². The molecule has 26 heavy (non-hydrogen) atoms. The van der Waals surface area contributed by atoms with Crippen LogP contribution >= 0.6 is 11.6 Å². The first-order valence-electron chi connectivity index (χ1n) is 7.43. The first-order chi connectivity index (χ1) is 12.0. The van der Waals surface area contributed by atoms with Gasteiger partial charge < -0.3 is 9.84 Å². The van der Waals surface area contributed by atoms with Gasteiger partial charge in [-0.15, -0.1) is 0 Å². The zero-order valence-corrected chi connectivity index (χ0v) is 13.4. The van der Waals surface area contributed by atoms with Crippen molar-refractivity contribution in [2.45, 2.75) is 30.0 Å². The Kier molecular flexibility index (Phi) is 3.41.